The quantitative estimate of drug-likeness (QED) is 0.102. The molecule has 622 valence electrons. The molecule has 24 rings (SSSR count). The lowest BCUT2D eigenvalue weighted by Gasteiger charge is -2.20. The molecule has 8 heteroatoms. The summed E-state index contributed by atoms with van der Waals surface area (Å²) in [6.07, 6.45) is 0. The number of nitrogens with zero attached hydrogens (tertiary/aromatic N) is 8. The van der Waals surface area contributed by atoms with Crippen LogP contribution in [0.5, 0.6) is 0 Å². The van der Waals surface area contributed by atoms with Crippen molar-refractivity contribution in [2.24, 2.45) is 0 Å². The second-order valence-electron chi connectivity index (χ2n) is 33.0. The molecule has 0 N–H and O–H groups in total. The molecule has 0 unspecified atom stereocenters. The normalized spacial score (nSPS) is 11.2. The predicted molar refractivity (Wildman–Crippen MR) is 555 cm³/mol. The van der Waals surface area contributed by atoms with Crippen LogP contribution in [0.2, 0.25) is 0 Å². The Kier molecular flexibility index (Phi) is 22.0. The first kappa shape index (κ1) is 80.2. The lowest BCUT2D eigenvalue weighted by Crippen LogP contribution is -2.08. The number of anilines is 8. The average molecular weight is 1670 g/mol. The Hall–Kier alpha value is -16.9. The smallest absolute Gasteiger partial charge is 0.0542 e. The molecule has 0 saturated heterocycles. The fourth-order valence-electron chi connectivity index (χ4n) is 18.7. The molecule has 4 heterocycles. The van der Waals surface area contributed by atoms with Gasteiger partial charge in [0.15, 0.2) is 0 Å². The molecule has 0 aliphatic carbocycles. The molecule has 4 aromatic heterocycles. The molecule has 130 heavy (non-hydrogen) atoms. The fourth-order valence-corrected chi connectivity index (χ4v) is 18.7. The topological polar surface area (TPSA) is 32.7 Å². The average Bonchev–Trinajstić information content (AvgIpc) is 1.60. The first-order valence-electron chi connectivity index (χ1n) is 44.4. The van der Waals surface area contributed by atoms with E-state index >= 15 is 0 Å². The molecule has 24 aromatic rings. The maximum Gasteiger partial charge on any atom is 0.0542 e. The van der Waals surface area contributed by atoms with E-state index < -0.39 is 0 Å². The third kappa shape index (κ3) is 15.6. The molecular weight excluding hydrogens is 1580 g/mol. The van der Waals surface area contributed by atoms with Crippen molar-refractivity contribution >= 4 is 143 Å². The molecular formula is C122H94N8. The number of fused-ring (bicyclic) bond motifs is 13. The minimum Gasteiger partial charge on any atom is -0.345 e. The molecule has 0 spiro atoms. The highest BCUT2D eigenvalue weighted by Gasteiger charge is 2.22. The van der Waals surface area contributed by atoms with Crippen molar-refractivity contribution in [1.29, 1.82) is 0 Å². The van der Waals surface area contributed by atoms with Gasteiger partial charge in [-0.15, -0.1) is 0 Å². The number of hydrogen-bond acceptors (Lipinski definition) is 4. The van der Waals surface area contributed by atoms with Crippen molar-refractivity contribution in [3.63, 3.8) is 0 Å². The van der Waals surface area contributed by atoms with Gasteiger partial charge in [0.2, 0.25) is 0 Å². The zero-order valence-corrected chi connectivity index (χ0v) is 72.9. The zero-order valence-electron chi connectivity index (χ0n) is 72.9. The lowest BCUT2D eigenvalue weighted by atomic mass is 10.0. The minimum atomic E-state index is 1.17. The van der Waals surface area contributed by atoms with E-state index in [-0.39, 0.29) is 0 Å². The highest BCUT2D eigenvalue weighted by atomic mass is 15.1. The molecule has 0 aliphatic rings. The van der Waals surface area contributed by atoms with Gasteiger partial charge in [0.25, 0.3) is 0 Å². The van der Waals surface area contributed by atoms with E-state index in [0.717, 1.165) is 0 Å². The van der Waals surface area contributed by atoms with Crippen LogP contribution in [0.15, 0.2) is 497 Å². The van der Waals surface area contributed by atoms with Gasteiger partial charge in [0.05, 0.1) is 49.8 Å². The third-order valence-corrected chi connectivity index (χ3v) is 25.4. The Balaban J connectivity index is 0.000000105. The molecule has 0 fully saturated rings. The molecule has 0 radical (unpaired) electrons. The summed E-state index contributed by atoms with van der Waals surface area (Å²) in [6, 6.07) is 177. The summed E-state index contributed by atoms with van der Waals surface area (Å²) in [5.41, 5.74) is 31.3. The molecule has 0 saturated carbocycles. The first-order valence-corrected chi connectivity index (χ1v) is 44.4. The second-order valence-corrected chi connectivity index (χ2v) is 33.0. The van der Waals surface area contributed by atoms with Gasteiger partial charge in [-0.2, -0.15) is 0 Å². The number of rotatable bonds is 15. The summed E-state index contributed by atoms with van der Waals surface area (Å²) in [5, 5.41) is 12.6. The molecule has 0 aliphatic heterocycles. The second kappa shape index (κ2) is 35.6. The number of para-hydroxylation sites is 9. The van der Waals surface area contributed by atoms with Crippen LogP contribution in [0.4, 0.5) is 45.5 Å². The number of aromatic nitrogens is 4. The van der Waals surface area contributed by atoms with E-state index in [1.54, 1.807) is 0 Å². The Morgan fingerprint density at radius 3 is 0.831 bits per heavy atom. The standard InChI is InChI=1S/3C31H24N2.C29H22N2/c1-32(24-14-6-3-7-15-24)25-20-21-31-28(22-25)27-17-9-11-19-30(27)33(31)29-18-10-8-16-26(29)23-12-4-2-5-13-23;1-32(25-14-6-3-7-15-25)26-19-20-31-29(22-26)28-17-8-9-18-30(28)33(31)27-16-10-13-24(21-27)23-11-4-2-5-12-23;1-32(25-12-6-3-7-13-25)27-20-21-31-29(22-27)28-14-8-9-15-30(28)33(31)26-18-16-24(17-19-26)23-10-4-2-5-11-23;1-30(23-11-3-2-4-12-23)24-17-18-29-27(20-24)26-13-7-8-14-28(26)31(29)25-16-15-21-9-5-6-10-22(21)19-25/h3*2-22H,1H3;2-20H,1H3. The van der Waals surface area contributed by atoms with Crippen molar-refractivity contribution < 1.29 is 0 Å². The Labute approximate surface area is 758 Å². The summed E-state index contributed by atoms with van der Waals surface area (Å²) in [6.45, 7) is 0. The van der Waals surface area contributed by atoms with Gasteiger partial charge in [0, 0.05) is 139 Å². The lowest BCUT2D eigenvalue weighted by molar-refractivity contribution is 1.17. The van der Waals surface area contributed by atoms with E-state index in [1.807, 2.05) is 0 Å². The van der Waals surface area contributed by atoms with Gasteiger partial charge < -0.3 is 37.9 Å². The maximum absolute atomic E-state index is 2.40. The van der Waals surface area contributed by atoms with E-state index in [4.69, 9.17) is 0 Å². The fraction of sp³-hybridized carbons (Fsp3) is 0.0328. The molecule has 0 amide bonds. The molecule has 0 atom stereocenters. The van der Waals surface area contributed by atoms with Crippen LogP contribution in [0.25, 0.3) is 154 Å². The van der Waals surface area contributed by atoms with E-state index in [1.165, 1.54) is 200 Å². The summed E-state index contributed by atoms with van der Waals surface area (Å²) in [4.78, 5) is 8.95. The zero-order chi connectivity index (χ0) is 87.4. The Bertz CT molecular complexity index is 8150. The van der Waals surface area contributed by atoms with Crippen LogP contribution in [0.1, 0.15) is 0 Å². The number of benzene rings is 20. The van der Waals surface area contributed by atoms with Gasteiger partial charge in [-0.25, -0.2) is 0 Å². The largest absolute Gasteiger partial charge is 0.345 e. The van der Waals surface area contributed by atoms with E-state index in [2.05, 4.69) is 564 Å². The molecule has 20 aromatic carbocycles. The molecule has 8 nitrogen and oxygen atoms in total. The van der Waals surface area contributed by atoms with Gasteiger partial charge in [-0.3, -0.25) is 0 Å². The monoisotopic (exact) mass is 1670 g/mol. The van der Waals surface area contributed by atoms with Crippen LogP contribution in [-0.4, -0.2) is 46.5 Å². The summed E-state index contributed by atoms with van der Waals surface area (Å²) in [5.74, 6) is 0. The Morgan fingerprint density at radius 1 is 0.146 bits per heavy atom. The van der Waals surface area contributed by atoms with Crippen molar-refractivity contribution in [1.82, 2.24) is 18.3 Å². The van der Waals surface area contributed by atoms with Crippen molar-refractivity contribution in [3.05, 3.63) is 497 Å². The van der Waals surface area contributed by atoms with Crippen molar-refractivity contribution in [2.75, 3.05) is 47.8 Å². The van der Waals surface area contributed by atoms with Crippen LogP contribution in [0, 0.1) is 0 Å². The highest BCUT2D eigenvalue weighted by molar-refractivity contribution is 6.14. The van der Waals surface area contributed by atoms with Crippen molar-refractivity contribution in [3.8, 4) is 56.1 Å². The van der Waals surface area contributed by atoms with Crippen LogP contribution < -0.4 is 19.6 Å². The third-order valence-electron chi connectivity index (χ3n) is 25.4. The number of hydrogen-bond donors (Lipinski definition) is 0. The Morgan fingerprint density at radius 2 is 0.423 bits per heavy atom. The summed E-state index contributed by atoms with van der Waals surface area (Å²) >= 11 is 0. The first-order chi connectivity index (χ1) is 64.2. The predicted octanol–water partition coefficient (Wildman–Crippen LogP) is 32.4. The highest BCUT2D eigenvalue weighted by Crippen LogP contribution is 2.44. The SMILES string of the molecule is CN(c1ccccc1)c1ccc2c(c1)c1ccccc1n2-c1ccc(-c2ccccc2)cc1.CN(c1ccccc1)c1ccc2c(c1)c1ccccc1n2-c1ccc2ccccc2c1.CN(c1ccccc1)c1ccc2c(c1)c1ccccc1n2-c1cccc(-c2ccccc2)c1.CN(c1ccccc1)c1ccc2c(c1)c1ccccc1n2-c1ccccc1-c1ccccc1. The summed E-state index contributed by atoms with van der Waals surface area (Å²) < 4.78 is 9.53. The van der Waals surface area contributed by atoms with Gasteiger partial charge in [-0.1, -0.05) is 309 Å². The van der Waals surface area contributed by atoms with Crippen LogP contribution in [-0.2, 0) is 0 Å². The maximum atomic E-state index is 2.40. The van der Waals surface area contributed by atoms with Crippen molar-refractivity contribution in [2.45, 2.75) is 0 Å². The van der Waals surface area contributed by atoms with E-state index in [0.29, 0.717) is 0 Å². The van der Waals surface area contributed by atoms with Gasteiger partial charge in [-0.05, 0) is 227 Å². The molecule has 0 bridgehead atoms. The van der Waals surface area contributed by atoms with Crippen LogP contribution in [0.3, 0.4) is 0 Å². The minimum absolute atomic E-state index is 1.17. The van der Waals surface area contributed by atoms with Gasteiger partial charge in [0.1, 0.15) is 0 Å². The van der Waals surface area contributed by atoms with Crippen LogP contribution >= 0.6 is 0 Å². The summed E-state index contributed by atoms with van der Waals surface area (Å²) in [7, 11) is 8.50. The van der Waals surface area contributed by atoms with E-state index in [9.17, 15) is 0 Å². The van der Waals surface area contributed by atoms with Gasteiger partial charge >= 0.3 is 0 Å².